The summed E-state index contributed by atoms with van der Waals surface area (Å²) in [5.41, 5.74) is 2.21. The highest BCUT2D eigenvalue weighted by molar-refractivity contribution is 7.98. The molecule has 0 fully saturated rings. The van der Waals surface area contributed by atoms with E-state index in [1.807, 2.05) is 42.5 Å². The van der Waals surface area contributed by atoms with E-state index in [0.717, 1.165) is 10.5 Å². The number of thioether (sulfide) groups is 1. The number of hydrogen-bond acceptors (Lipinski definition) is 5. The van der Waals surface area contributed by atoms with Crippen molar-refractivity contribution in [2.45, 2.75) is 36.8 Å². The Kier molecular flexibility index (Phi) is 6.07. The largest absolute Gasteiger partial charge is 0.407 e. The molecule has 3 aromatic rings. The smallest absolute Gasteiger partial charge is 0.322 e. The first kappa shape index (κ1) is 18.2. The van der Waals surface area contributed by atoms with E-state index in [1.54, 1.807) is 11.8 Å². The first-order valence-electron chi connectivity index (χ1n) is 8.49. The number of carbonyl (C=O) groups is 1. The topological polar surface area (TPSA) is 68.0 Å². The highest BCUT2D eigenvalue weighted by Crippen LogP contribution is 2.22. The van der Waals surface area contributed by atoms with Gasteiger partial charge in [0.2, 0.25) is 11.8 Å². The predicted molar refractivity (Wildman–Crippen MR) is 103 cm³/mol. The van der Waals surface area contributed by atoms with Crippen LogP contribution >= 0.6 is 11.8 Å². The third kappa shape index (κ3) is 5.20. The van der Waals surface area contributed by atoms with Crippen LogP contribution in [0.25, 0.3) is 0 Å². The summed E-state index contributed by atoms with van der Waals surface area (Å²) in [6.45, 7) is 4.29. The van der Waals surface area contributed by atoms with Crippen LogP contribution in [0.4, 0.5) is 6.01 Å². The van der Waals surface area contributed by atoms with E-state index >= 15 is 0 Å². The Hall–Kier alpha value is -2.60. The number of hydrogen-bond donors (Lipinski definition) is 1. The average Bonchev–Trinajstić information content (AvgIpc) is 3.08. The van der Waals surface area contributed by atoms with Gasteiger partial charge in [0.1, 0.15) is 0 Å². The molecule has 0 saturated carbocycles. The van der Waals surface area contributed by atoms with Crippen molar-refractivity contribution in [3.8, 4) is 0 Å². The molecule has 0 aliphatic carbocycles. The number of benzene rings is 2. The molecule has 5 nitrogen and oxygen atoms in total. The van der Waals surface area contributed by atoms with Crippen LogP contribution in [0.1, 0.15) is 36.8 Å². The Morgan fingerprint density at radius 1 is 1.08 bits per heavy atom. The molecule has 0 atom stereocenters. The van der Waals surface area contributed by atoms with Gasteiger partial charge in [-0.2, -0.15) is 0 Å². The maximum absolute atomic E-state index is 12.1. The van der Waals surface area contributed by atoms with Crippen LogP contribution < -0.4 is 5.32 Å². The molecule has 1 amide bonds. The number of aromatic nitrogens is 2. The summed E-state index contributed by atoms with van der Waals surface area (Å²) in [6.07, 6.45) is 0.273. The van der Waals surface area contributed by atoms with Crippen molar-refractivity contribution >= 4 is 23.7 Å². The first-order valence-corrected chi connectivity index (χ1v) is 9.47. The van der Waals surface area contributed by atoms with E-state index < -0.39 is 0 Å². The Bertz CT molecular complexity index is 845. The summed E-state index contributed by atoms with van der Waals surface area (Å²) in [4.78, 5) is 13.3. The van der Waals surface area contributed by atoms with Crippen LogP contribution in [0, 0.1) is 0 Å². The molecule has 0 spiro atoms. The monoisotopic (exact) mass is 367 g/mol. The van der Waals surface area contributed by atoms with Gasteiger partial charge in [0.15, 0.2) is 0 Å². The molecule has 26 heavy (non-hydrogen) atoms. The van der Waals surface area contributed by atoms with Crippen molar-refractivity contribution in [1.29, 1.82) is 0 Å². The van der Waals surface area contributed by atoms with Gasteiger partial charge in [-0.1, -0.05) is 61.4 Å². The van der Waals surface area contributed by atoms with E-state index in [-0.39, 0.29) is 18.3 Å². The summed E-state index contributed by atoms with van der Waals surface area (Å²) in [5, 5.41) is 10.5. The Labute approximate surface area is 157 Å². The average molecular weight is 367 g/mol. The molecular weight excluding hydrogens is 346 g/mol. The van der Waals surface area contributed by atoms with Gasteiger partial charge < -0.3 is 4.42 Å². The van der Waals surface area contributed by atoms with Gasteiger partial charge in [-0.3, -0.25) is 10.1 Å². The summed E-state index contributed by atoms with van der Waals surface area (Å²) in [7, 11) is 0. The number of anilines is 1. The molecule has 0 bridgehead atoms. The standard InChI is InChI=1S/C20H21N3O2S/c1-14(2)16-10-8-15(9-11-16)12-18(24)21-20-23-22-19(25-20)13-26-17-6-4-3-5-7-17/h3-11,14H,12-13H2,1-2H3,(H,21,23,24). The molecule has 0 saturated heterocycles. The fourth-order valence-corrected chi connectivity index (χ4v) is 3.15. The van der Waals surface area contributed by atoms with Crippen LogP contribution in [0.5, 0.6) is 0 Å². The highest BCUT2D eigenvalue weighted by Gasteiger charge is 2.11. The van der Waals surface area contributed by atoms with Crippen LogP contribution in [-0.2, 0) is 17.0 Å². The van der Waals surface area contributed by atoms with Crippen molar-refractivity contribution in [2.24, 2.45) is 0 Å². The van der Waals surface area contributed by atoms with Crippen LogP contribution in [0.3, 0.4) is 0 Å². The lowest BCUT2D eigenvalue weighted by Crippen LogP contribution is -2.14. The van der Waals surface area contributed by atoms with Crippen molar-refractivity contribution in [2.75, 3.05) is 5.32 Å². The normalized spacial score (nSPS) is 10.9. The van der Waals surface area contributed by atoms with E-state index in [2.05, 4.69) is 41.5 Å². The lowest BCUT2D eigenvalue weighted by atomic mass is 10.0. The highest BCUT2D eigenvalue weighted by atomic mass is 32.2. The van der Waals surface area contributed by atoms with E-state index in [1.165, 1.54) is 5.56 Å². The second-order valence-corrected chi connectivity index (χ2v) is 7.27. The molecule has 2 aromatic carbocycles. The quantitative estimate of drug-likeness (QED) is 0.615. The minimum Gasteiger partial charge on any atom is -0.407 e. The zero-order chi connectivity index (χ0) is 18.4. The minimum absolute atomic E-state index is 0.137. The molecule has 0 aliphatic heterocycles. The predicted octanol–water partition coefficient (Wildman–Crippen LogP) is 4.67. The number of amides is 1. The fourth-order valence-electron chi connectivity index (χ4n) is 2.39. The van der Waals surface area contributed by atoms with Crippen molar-refractivity contribution in [1.82, 2.24) is 10.2 Å². The fraction of sp³-hybridized carbons (Fsp3) is 0.250. The third-order valence-electron chi connectivity index (χ3n) is 3.83. The van der Waals surface area contributed by atoms with Gasteiger partial charge in [0.25, 0.3) is 0 Å². The molecule has 6 heteroatoms. The van der Waals surface area contributed by atoms with Gasteiger partial charge >= 0.3 is 6.01 Å². The number of carbonyl (C=O) groups excluding carboxylic acids is 1. The summed E-state index contributed by atoms with van der Waals surface area (Å²) >= 11 is 1.60. The van der Waals surface area contributed by atoms with Crippen molar-refractivity contribution in [3.05, 3.63) is 71.6 Å². The molecule has 0 radical (unpaired) electrons. The zero-order valence-corrected chi connectivity index (χ0v) is 15.6. The van der Waals surface area contributed by atoms with Gasteiger partial charge in [0.05, 0.1) is 12.2 Å². The molecule has 0 unspecified atom stereocenters. The number of nitrogens with zero attached hydrogens (tertiary/aromatic N) is 2. The zero-order valence-electron chi connectivity index (χ0n) is 14.8. The van der Waals surface area contributed by atoms with E-state index in [9.17, 15) is 4.79 Å². The van der Waals surface area contributed by atoms with Crippen LogP contribution in [-0.4, -0.2) is 16.1 Å². The summed E-state index contributed by atoms with van der Waals surface area (Å²) in [6, 6.07) is 18.2. The Morgan fingerprint density at radius 3 is 2.50 bits per heavy atom. The molecule has 1 heterocycles. The number of rotatable bonds is 7. The molecule has 0 aliphatic rings. The van der Waals surface area contributed by atoms with E-state index in [0.29, 0.717) is 17.6 Å². The maximum Gasteiger partial charge on any atom is 0.322 e. The molecule has 3 rings (SSSR count). The molecule has 1 N–H and O–H groups in total. The lowest BCUT2D eigenvalue weighted by molar-refractivity contribution is -0.115. The molecule has 1 aromatic heterocycles. The van der Waals surface area contributed by atoms with E-state index in [4.69, 9.17) is 4.42 Å². The van der Waals surface area contributed by atoms with Gasteiger partial charge in [-0.25, -0.2) is 0 Å². The van der Waals surface area contributed by atoms with Crippen LogP contribution in [0.2, 0.25) is 0 Å². The van der Waals surface area contributed by atoms with Gasteiger partial charge in [-0.05, 0) is 29.2 Å². The SMILES string of the molecule is CC(C)c1ccc(CC(=O)Nc2nnc(CSc3ccccc3)o2)cc1. The summed E-state index contributed by atoms with van der Waals surface area (Å²) < 4.78 is 5.49. The second kappa shape index (κ2) is 8.67. The maximum atomic E-state index is 12.1. The van der Waals surface area contributed by atoms with Gasteiger partial charge in [0, 0.05) is 4.90 Å². The number of nitrogens with one attached hydrogen (secondary N) is 1. The lowest BCUT2D eigenvalue weighted by Gasteiger charge is -2.06. The first-order chi connectivity index (χ1) is 12.6. The minimum atomic E-state index is -0.173. The van der Waals surface area contributed by atoms with Crippen molar-refractivity contribution < 1.29 is 9.21 Å². The second-order valence-electron chi connectivity index (χ2n) is 6.22. The third-order valence-corrected chi connectivity index (χ3v) is 4.83. The van der Waals surface area contributed by atoms with Crippen molar-refractivity contribution in [3.63, 3.8) is 0 Å². The Morgan fingerprint density at radius 2 is 1.81 bits per heavy atom. The Balaban J connectivity index is 1.51. The van der Waals surface area contributed by atoms with Crippen LogP contribution in [0.15, 0.2) is 63.9 Å². The van der Waals surface area contributed by atoms with Gasteiger partial charge in [-0.15, -0.1) is 16.9 Å². The molecular formula is C20H21N3O2S. The molecule has 134 valence electrons. The summed E-state index contributed by atoms with van der Waals surface area (Å²) in [5.74, 6) is 1.34.